The first kappa shape index (κ1) is 40.3. The molecule has 3 N–H and O–H groups in total. The highest BCUT2D eigenvalue weighted by molar-refractivity contribution is 5.85. The van der Waals surface area contributed by atoms with E-state index in [2.05, 4.69) is 38.1 Å². The van der Waals surface area contributed by atoms with E-state index in [1.165, 1.54) is 63.9 Å². The molecular formula is C49H70O7. The molecule has 6 aliphatic carbocycles. The van der Waals surface area contributed by atoms with Gasteiger partial charge in [0, 0.05) is 24.3 Å². The van der Waals surface area contributed by atoms with Crippen molar-refractivity contribution in [2.45, 2.75) is 180 Å². The van der Waals surface area contributed by atoms with Gasteiger partial charge in [0.2, 0.25) is 0 Å². The molecular weight excluding hydrogens is 701 g/mol. The van der Waals surface area contributed by atoms with Crippen LogP contribution in [-0.4, -0.2) is 57.3 Å². The summed E-state index contributed by atoms with van der Waals surface area (Å²) < 4.78 is 11.8. The number of aliphatic hydroxyl groups is 3. The second kappa shape index (κ2) is 14.7. The van der Waals surface area contributed by atoms with Gasteiger partial charge in [-0.2, -0.15) is 0 Å². The maximum atomic E-state index is 14.0. The van der Waals surface area contributed by atoms with Gasteiger partial charge in [0.05, 0.1) is 22.7 Å². The fraction of sp³-hybridized carbons (Fsp3) is 0.755. The van der Waals surface area contributed by atoms with E-state index in [9.17, 15) is 24.9 Å². The standard InChI is InChI=1S/C49H70O7/c1-34(11-10-14-36-12-6-5-7-13-36)15-23-47(53)28-25-43(3)31-39(56-35(2)50)42-44(4,38-17-22-46(30-38)27-26-45(33-46)19-8-9-20-45)21-18-40(51)49(42,47)48(43,54)24-16-37-29-41(52)55-32-37/h5-7,12-13,25,28-29,34,38-40,42,51,53-54H,8-11,14-24,26-27,30-33H2,1-4H3. The maximum absolute atomic E-state index is 14.0. The Kier molecular flexibility index (Phi) is 10.6. The molecule has 1 heterocycles. The number of hydrogen-bond acceptors (Lipinski definition) is 7. The summed E-state index contributed by atoms with van der Waals surface area (Å²) in [6, 6.07) is 10.6. The molecule has 0 saturated heterocycles. The second-order valence-corrected chi connectivity index (χ2v) is 21.0. The van der Waals surface area contributed by atoms with Crippen molar-refractivity contribution in [2.24, 2.45) is 44.8 Å². The predicted molar refractivity (Wildman–Crippen MR) is 217 cm³/mol. The monoisotopic (exact) mass is 771 g/mol. The molecule has 11 unspecified atom stereocenters. The molecule has 56 heavy (non-hydrogen) atoms. The lowest BCUT2D eigenvalue weighted by atomic mass is 9.31. The van der Waals surface area contributed by atoms with Crippen LogP contribution in [0.1, 0.15) is 155 Å². The summed E-state index contributed by atoms with van der Waals surface area (Å²) in [6.45, 7) is 8.36. The van der Waals surface area contributed by atoms with E-state index in [4.69, 9.17) is 9.47 Å². The largest absolute Gasteiger partial charge is 0.462 e. The Hall–Kier alpha value is -2.48. The van der Waals surface area contributed by atoms with Crippen molar-refractivity contribution in [1.29, 1.82) is 0 Å². The first-order valence-corrected chi connectivity index (χ1v) is 22.5. The van der Waals surface area contributed by atoms with Crippen molar-refractivity contribution in [3.63, 3.8) is 0 Å². The van der Waals surface area contributed by atoms with Crippen molar-refractivity contribution in [3.05, 3.63) is 59.7 Å². The first-order valence-electron chi connectivity index (χ1n) is 22.5. The van der Waals surface area contributed by atoms with Gasteiger partial charge >= 0.3 is 11.9 Å². The lowest BCUT2D eigenvalue weighted by molar-refractivity contribution is -0.361. The number of esters is 2. The van der Waals surface area contributed by atoms with E-state index in [0.29, 0.717) is 48.3 Å². The van der Waals surface area contributed by atoms with Crippen molar-refractivity contribution >= 4 is 11.9 Å². The highest BCUT2D eigenvalue weighted by Gasteiger charge is 2.82. The highest BCUT2D eigenvalue weighted by atomic mass is 16.5. The molecule has 1 aromatic carbocycles. The van der Waals surface area contributed by atoms with Gasteiger partial charge in [0.15, 0.2) is 0 Å². The number of aryl methyl sites for hydroxylation is 1. The number of ether oxygens (including phenoxy) is 2. The van der Waals surface area contributed by atoms with Gasteiger partial charge in [-0.25, -0.2) is 4.79 Å². The average Bonchev–Trinajstić information content (AvgIpc) is 3.98. The van der Waals surface area contributed by atoms with Crippen LogP contribution in [0.15, 0.2) is 54.1 Å². The molecule has 7 nitrogen and oxygen atoms in total. The van der Waals surface area contributed by atoms with Gasteiger partial charge in [-0.15, -0.1) is 0 Å². The molecule has 11 atom stereocenters. The van der Waals surface area contributed by atoms with E-state index < -0.39 is 45.6 Å². The van der Waals surface area contributed by atoms with Crippen molar-refractivity contribution in [3.8, 4) is 0 Å². The maximum Gasteiger partial charge on any atom is 0.331 e. The summed E-state index contributed by atoms with van der Waals surface area (Å²) >= 11 is 0. The Morgan fingerprint density at radius 2 is 1.66 bits per heavy atom. The summed E-state index contributed by atoms with van der Waals surface area (Å²) in [5.74, 6) is -0.540. The summed E-state index contributed by atoms with van der Waals surface area (Å²) in [4.78, 5) is 25.4. The van der Waals surface area contributed by atoms with Gasteiger partial charge in [-0.1, -0.05) is 82.5 Å². The van der Waals surface area contributed by atoms with E-state index in [-0.39, 0.29) is 25.0 Å². The topological polar surface area (TPSA) is 113 Å². The number of rotatable bonds is 12. The molecule has 0 aromatic heterocycles. The SMILES string of the molecule is CC(=O)OC1CC2(C)C=CC(O)(CCC(C)CCCc3ccccc3)C3(C(O)CCC(C)(C4CCC5(CCC6(CCCC6)C5)C4)C13)C2(O)CCC1=CC(=O)OC1. The average molecular weight is 771 g/mol. The molecule has 1 aliphatic heterocycles. The molecule has 5 saturated carbocycles. The number of benzene rings is 1. The lowest BCUT2D eigenvalue weighted by Crippen LogP contribution is -2.83. The lowest BCUT2D eigenvalue weighted by Gasteiger charge is -2.76. The van der Waals surface area contributed by atoms with Gasteiger partial charge < -0.3 is 24.8 Å². The molecule has 0 radical (unpaired) electrons. The van der Waals surface area contributed by atoms with Gasteiger partial charge in [-0.3, -0.25) is 4.79 Å². The third kappa shape index (κ3) is 6.47. The van der Waals surface area contributed by atoms with Crippen LogP contribution in [-0.2, 0) is 25.5 Å². The molecule has 7 heteroatoms. The Morgan fingerprint density at radius 1 is 0.911 bits per heavy atom. The molecule has 308 valence electrons. The third-order valence-corrected chi connectivity index (χ3v) is 17.9. The number of aliphatic hydroxyl groups excluding tert-OH is 1. The smallest absolute Gasteiger partial charge is 0.331 e. The van der Waals surface area contributed by atoms with Crippen LogP contribution in [0.25, 0.3) is 0 Å². The van der Waals surface area contributed by atoms with Gasteiger partial charge in [0.25, 0.3) is 0 Å². The third-order valence-electron chi connectivity index (χ3n) is 17.9. The highest BCUT2D eigenvalue weighted by Crippen LogP contribution is 2.77. The van der Waals surface area contributed by atoms with Crippen molar-refractivity contribution in [2.75, 3.05) is 6.61 Å². The van der Waals surface area contributed by atoms with Crippen molar-refractivity contribution in [1.82, 2.24) is 0 Å². The Balaban J connectivity index is 1.18. The minimum Gasteiger partial charge on any atom is -0.462 e. The Bertz CT molecular complexity index is 1700. The molecule has 2 bridgehead atoms. The van der Waals surface area contributed by atoms with Crippen LogP contribution in [0, 0.1) is 44.8 Å². The normalized spacial score (nSPS) is 42.8. The number of carbonyl (C=O) groups is 2. The van der Waals surface area contributed by atoms with Gasteiger partial charge in [0.1, 0.15) is 12.7 Å². The van der Waals surface area contributed by atoms with E-state index in [1.807, 2.05) is 25.1 Å². The fourth-order valence-electron chi connectivity index (χ4n) is 15.2. The zero-order valence-corrected chi connectivity index (χ0v) is 34.8. The van der Waals surface area contributed by atoms with E-state index in [0.717, 1.165) is 50.5 Å². The Labute approximate surface area is 336 Å². The zero-order chi connectivity index (χ0) is 39.6. The summed E-state index contributed by atoms with van der Waals surface area (Å²) in [7, 11) is 0. The van der Waals surface area contributed by atoms with Crippen LogP contribution in [0.5, 0.6) is 0 Å². The fourth-order valence-corrected chi connectivity index (χ4v) is 15.2. The van der Waals surface area contributed by atoms with Crippen LogP contribution in [0.3, 0.4) is 0 Å². The van der Waals surface area contributed by atoms with Crippen LogP contribution in [0.2, 0.25) is 0 Å². The number of fused-ring (bicyclic) bond motifs is 1. The summed E-state index contributed by atoms with van der Waals surface area (Å²) in [5, 5.41) is 40.6. The quantitative estimate of drug-likeness (QED) is 0.143. The van der Waals surface area contributed by atoms with E-state index >= 15 is 0 Å². The minimum absolute atomic E-state index is 0.199. The number of carbonyl (C=O) groups excluding carboxylic acids is 2. The second-order valence-electron chi connectivity index (χ2n) is 21.0. The van der Waals surface area contributed by atoms with Crippen LogP contribution < -0.4 is 0 Å². The first-order chi connectivity index (χ1) is 26.6. The number of cyclic esters (lactones) is 1. The molecule has 8 rings (SSSR count). The minimum atomic E-state index is -1.56. The molecule has 7 aliphatic rings. The van der Waals surface area contributed by atoms with Crippen LogP contribution in [0.4, 0.5) is 0 Å². The zero-order valence-electron chi connectivity index (χ0n) is 34.8. The molecule has 5 fully saturated rings. The Morgan fingerprint density at radius 3 is 2.38 bits per heavy atom. The molecule has 1 aromatic rings. The van der Waals surface area contributed by atoms with Crippen molar-refractivity contribution < 1.29 is 34.4 Å². The summed E-state index contributed by atoms with van der Waals surface area (Å²) in [6.07, 6.45) is 23.3. The van der Waals surface area contributed by atoms with E-state index in [1.54, 1.807) is 6.08 Å². The van der Waals surface area contributed by atoms with Crippen LogP contribution >= 0.6 is 0 Å². The predicted octanol–water partition coefficient (Wildman–Crippen LogP) is 9.36. The number of hydrogen-bond donors (Lipinski definition) is 3. The molecule has 3 spiro atoms. The summed E-state index contributed by atoms with van der Waals surface area (Å²) in [5.41, 5.74) is -2.84. The molecule has 0 amide bonds. The van der Waals surface area contributed by atoms with Gasteiger partial charge in [-0.05, 0) is 148 Å².